The predicted molar refractivity (Wildman–Crippen MR) is 61.5 cm³/mol. The number of piperidine rings is 2. The Morgan fingerprint density at radius 2 is 2.21 bits per heavy atom. The van der Waals surface area contributed by atoms with Crippen molar-refractivity contribution in [3.8, 4) is 0 Å². The van der Waals surface area contributed by atoms with Gasteiger partial charge in [0.25, 0.3) is 0 Å². The molecule has 1 aliphatic carbocycles. The fraction of sp³-hybridized carbons (Fsp3) is 0.500. The average Bonchev–Trinajstić information content (AvgIpc) is 2.17. The SMILES string of the molecule is Brc1cccc(C23CCNC(C2)C3)c1. The van der Waals surface area contributed by atoms with Crippen molar-refractivity contribution in [2.75, 3.05) is 6.54 Å². The normalized spacial score (nSPS) is 35.1. The van der Waals surface area contributed by atoms with Gasteiger partial charge >= 0.3 is 0 Å². The van der Waals surface area contributed by atoms with Gasteiger partial charge in [0, 0.05) is 10.5 Å². The van der Waals surface area contributed by atoms with E-state index in [1.165, 1.54) is 35.8 Å². The minimum atomic E-state index is 0.514. The van der Waals surface area contributed by atoms with Crippen LogP contribution in [0.3, 0.4) is 0 Å². The van der Waals surface area contributed by atoms with Crippen molar-refractivity contribution < 1.29 is 0 Å². The van der Waals surface area contributed by atoms with Crippen LogP contribution in [0.25, 0.3) is 0 Å². The highest BCUT2D eigenvalue weighted by atomic mass is 79.9. The minimum Gasteiger partial charge on any atom is -0.314 e. The molecule has 0 amide bonds. The van der Waals surface area contributed by atoms with E-state index in [1.54, 1.807) is 0 Å². The summed E-state index contributed by atoms with van der Waals surface area (Å²) in [6, 6.07) is 9.64. The van der Waals surface area contributed by atoms with Crippen LogP contribution in [0.2, 0.25) is 0 Å². The molecule has 2 aliphatic heterocycles. The molecule has 74 valence electrons. The summed E-state index contributed by atoms with van der Waals surface area (Å²) in [6.45, 7) is 1.19. The highest BCUT2D eigenvalue weighted by molar-refractivity contribution is 9.10. The first-order valence-electron chi connectivity index (χ1n) is 5.28. The molecule has 0 unspecified atom stereocenters. The summed E-state index contributed by atoms with van der Waals surface area (Å²) in [4.78, 5) is 0. The fourth-order valence-corrected chi connectivity index (χ4v) is 3.35. The van der Waals surface area contributed by atoms with Gasteiger partial charge in [-0.15, -0.1) is 0 Å². The maximum atomic E-state index is 3.55. The Labute approximate surface area is 93.0 Å². The van der Waals surface area contributed by atoms with Crippen molar-refractivity contribution in [1.29, 1.82) is 0 Å². The zero-order chi connectivity index (χ0) is 9.60. The number of nitrogens with one attached hydrogen (secondary N) is 1. The summed E-state index contributed by atoms with van der Waals surface area (Å²) in [5, 5.41) is 3.55. The first-order chi connectivity index (χ1) is 6.78. The van der Waals surface area contributed by atoms with Crippen LogP contribution in [-0.4, -0.2) is 12.6 Å². The molecule has 0 radical (unpaired) electrons. The molecule has 1 nitrogen and oxygen atoms in total. The molecule has 1 saturated carbocycles. The molecule has 0 aromatic heterocycles. The molecule has 2 heteroatoms. The Hall–Kier alpha value is -0.340. The zero-order valence-electron chi connectivity index (χ0n) is 8.09. The predicted octanol–water partition coefficient (Wildman–Crippen LogP) is 2.84. The van der Waals surface area contributed by atoms with Gasteiger partial charge in [-0.25, -0.2) is 0 Å². The van der Waals surface area contributed by atoms with Crippen molar-refractivity contribution in [2.24, 2.45) is 0 Å². The van der Waals surface area contributed by atoms with Gasteiger partial charge in [-0.05, 0) is 48.9 Å². The topological polar surface area (TPSA) is 12.0 Å². The van der Waals surface area contributed by atoms with E-state index in [1.807, 2.05) is 0 Å². The molecule has 2 bridgehead atoms. The number of benzene rings is 1. The second kappa shape index (κ2) is 3.07. The average molecular weight is 252 g/mol. The first-order valence-corrected chi connectivity index (χ1v) is 6.07. The third-order valence-corrected chi connectivity index (χ3v) is 4.24. The Balaban J connectivity index is 1.95. The Bertz CT molecular complexity index is 350. The zero-order valence-corrected chi connectivity index (χ0v) is 9.68. The number of hydrogen-bond acceptors (Lipinski definition) is 1. The van der Waals surface area contributed by atoms with E-state index in [0.29, 0.717) is 5.41 Å². The van der Waals surface area contributed by atoms with Gasteiger partial charge in [0.05, 0.1) is 0 Å². The van der Waals surface area contributed by atoms with E-state index < -0.39 is 0 Å². The van der Waals surface area contributed by atoms with E-state index in [4.69, 9.17) is 0 Å². The Morgan fingerprint density at radius 3 is 2.86 bits per heavy atom. The highest BCUT2D eigenvalue weighted by Crippen LogP contribution is 2.49. The smallest absolute Gasteiger partial charge is 0.0178 e. The molecule has 1 aromatic carbocycles. The van der Waals surface area contributed by atoms with Crippen LogP contribution < -0.4 is 5.32 Å². The van der Waals surface area contributed by atoms with Crippen molar-refractivity contribution in [3.63, 3.8) is 0 Å². The number of fused-ring (bicyclic) bond motifs is 2. The lowest BCUT2D eigenvalue weighted by atomic mass is 9.57. The minimum absolute atomic E-state index is 0.514. The molecule has 3 fully saturated rings. The summed E-state index contributed by atoms with van der Waals surface area (Å²) < 4.78 is 1.21. The van der Waals surface area contributed by atoms with Crippen molar-refractivity contribution in [1.82, 2.24) is 5.32 Å². The summed E-state index contributed by atoms with van der Waals surface area (Å²) in [5.41, 5.74) is 2.05. The molecule has 2 saturated heterocycles. The Kier molecular flexibility index (Phi) is 1.96. The molecular weight excluding hydrogens is 238 g/mol. The lowest BCUT2D eigenvalue weighted by molar-refractivity contribution is 0.110. The van der Waals surface area contributed by atoms with Crippen LogP contribution in [0.15, 0.2) is 28.7 Å². The molecule has 14 heavy (non-hydrogen) atoms. The maximum absolute atomic E-state index is 3.55. The molecule has 1 aromatic rings. The van der Waals surface area contributed by atoms with Crippen LogP contribution in [0.5, 0.6) is 0 Å². The number of rotatable bonds is 1. The quantitative estimate of drug-likeness (QED) is 0.810. The fourth-order valence-electron chi connectivity index (χ4n) is 2.95. The summed E-state index contributed by atoms with van der Waals surface area (Å²) in [5.74, 6) is 0. The van der Waals surface area contributed by atoms with E-state index in [2.05, 4.69) is 45.5 Å². The van der Waals surface area contributed by atoms with Crippen LogP contribution in [0.1, 0.15) is 24.8 Å². The molecule has 0 spiro atoms. The lowest BCUT2D eigenvalue weighted by Crippen LogP contribution is -2.58. The van der Waals surface area contributed by atoms with E-state index in [9.17, 15) is 0 Å². The van der Waals surface area contributed by atoms with Crippen LogP contribution in [0.4, 0.5) is 0 Å². The van der Waals surface area contributed by atoms with Crippen LogP contribution in [0, 0.1) is 0 Å². The molecular formula is C12H14BrN. The third kappa shape index (κ3) is 1.24. The second-order valence-corrected chi connectivity index (χ2v) is 5.52. The van der Waals surface area contributed by atoms with Gasteiger partial charge in [-0.1, -0.05) is 28.1 Å². The van der Waals surface area contributed by atoms with Crippen molar-refractivity contribution in [2.45, 2.75) is 30.7 Å². The Morgan fingerprint density at radius 1 is 1.36 bits per heavy atom. The maximum Gasteiger partial charge on any atom is 0.0178 e. The van der Waals surface area contributed by atoms with Gasteiger partial charge in [0.1, 0.15) is 0 Å². The van der Waals surface area contributed by atoms with Crippen molar-refractivity contribution >= 4 is 15.9 Å². The van der Waals surface area contributed by atoms with Gasteiger partial charge < -0.3 is 5.32 Å². The van der Waals surface area contributed by atoms with Gasteiger partial charge in [0.15, 0.2) is 0 Å². The molecule has 2 heterocycles. The third-order valence-electron chi connectivity index (χ3n) is 3.75. The van der Waals surface area contributed by atoms with Crippen molar-refractivity contribution in [3.05, 3.63) is 34.3 Å². The van der Waals surface area contributed by atoms with Gasteiger partial charge in [-0.3, -0.25) is 0 Å². The van der Waals surface area contributed by atoms with Gasteiger partial charge in [-0.2, -0.15) is 0 Å². The molecule has 1 N–H and O–H groups in total. The lowest BCUT2D eigenvalue weighted by Gasteiger charge is -2.53. The molecule has 0 atom stereocenters. The standard InChI is InChI=1S/C12H14BrN/c13-10-3-1-2-9(6-10)12-4-5-14-11(7-12)8-12/h1-3,6,11,14H,4-5,7-8H2. The summed E-state index contributed by atoms with van der Waals surface area (Å²) in [6.07, 6.45) is 3.98. The first kappa shape index (κ1) is 8.93. The number of hydrogen-bond donors (Lipinski definition) is 1. The second-order valence-electron chi connectivity index (χ2n) is 4.60. The van der Waals surface area contributed by atoms with Crippen LogP contribution >= 0.6 is 15.9 Å². The van der Waals surface area contributed by atoms with Crippen LogP contribution in [-0.2, 0) is 5.41 Å². The van der Waals surface area contributed by atoms with Gasteiger partial charge in [0.2, 0.25) is 0 Å². The van der Waals surface area contributed by atoms with E-state index in [-0.39, 0.29) is 0 Å². The summed E-state index contributed by atoms with van der Waals surface area (Å²) >= 11 is 3.55. The molecule has 4 rings (SSSR count). The number of halogens is 1. The van der Waals surface area contributed by atoms with E-state index >= 15 is 0 Å². The van der Waals surface area contributed by atoms with E-state index in [0.717, 1.165) is 6.04 Å². The summed E-state index contributed by atoms with van der Waals surface area (Å²) in [7, 11) is 0. The highest BCUT2D eigenvalue weighted by Gasteiger charge is 2.47. The molecule has 3 aliphatic rings. The largest absolute Gasteiger partial charge is 0.314 e. The monoisotopic (exact) mass is 251 g/mol.